The first kappa shape index (κ1) is 19.3. The molecule has 0 saturated carbocycles. The Balaban J connectivity index is 1.36. The maximum absolute atomic E-state index is 13.6. The minimum Gasteiger partial charge on any atom is -0.484 e. The number of carbonyl (C=O) groups is 1. The number of hydrogen-bond donors (Lipinski definition) is 1. The number of nitrogens with one attached hydrogen (secondary N) is 1. The van der Waals surface area contributed by atoms with Gasteiger partial charge < -0.3 is 14.6 Å². The van der Waals surface area contributed by atoms with Crippen LogP contribution in [0.15, 0.2) is 77.3 Å². The molecule has 4 rings (SSSR count). The summed E-state index contributed by atoms with van der Waals surface area (Å²) in [5.41, 5.74) is 1.28. The molecule has 0 bridgehead atoms. The Hall–Kier alpha value is -4.07. The Morgan fingerprint density at radius 1 is 0.967 bits per heavy atom. The molecule has 0 aliphatic carbocycles. The van der Waals surface area contributed by atoms with Gasteiger partial charge in [0, 0.05) is 17.2 Å². The minimum absolute atomic E-state index is 0.246. The quantitative estimate of drug-likeness (QED) is 0.501. The van der Waals surface area contributed by atoms with Crippen LogP contribution in [0.4, 0.5) is 14.5 Å². The first-order chi connectivity index (χ1) is 14.6. The summed E-state index contributed by atoms with van der Waals surface area (Å²) in [6, 6.07) is 18.9. The lowest BCUT2D eigenvalue weighted by Crippen LogP contribution is -2.20. The number of rotatable bonds is 6. The number of benzene rings is 3. The van der Waals surface area contributed by atoms with Crippen LogP contribution in [-0.4, -0.2) is 22.7 Å². The van der Waals surface area contributed by atoms with E-state index >= 15 is 0 Å². The fraction of sp³-hybridized carbons (Fsp3) is 0.0455. The maximum Gasteiger partial charge on any atom is 0.262 e. The maximum atomic E-state index is 13.6. The van der Waals surface area contributed by atoms with Crippen LogP contribution in [0.1, 0.15) is 0 Å². The van der Waals surface area contributed by atoms with Gasteiger partial charge in [-0.3, -0.25) is 4.79 Å². The molecule has 4 aromatic rings. The highest BCUT2D eigenvalue weighted by Crippen LogP contribution is 2.24. The third-order valence-corrected chi connectivity index (χ3v) is 4.13. The van der Waals surface area contributed by atoms with Gasteiger partial charge in [-0.05, 0) is 36.4 Å². The molecule has 8 heteroatoms. The van der Waals surface area contributed by atoms with E-state index in [0.717, 1.165) is 23.8 Å². The summed E-state index contributed by atoms with van der Waals surface area (Å²) < 4.78 is 37.4. The Kier molecular flexibility index (Phi) is 5.47. The van der Waals surface area contributed by atoms with Crippen molar-refractivity contribution in [3.63, 3.8) is 0 Å². The predicted molar refractivity (Wildman–Crippen MR) is 106 cm³/mol. The van der Waals surface area contributed by atoms with Gasteiger partial charge in [0.1, 0.15) is 17.4 Å². The largest absolute Gasteiger partial charge is 0.484 e. The molecule has 0 aliphatic rings. The normalized spacial score (nSPS) is 10.6. The molecule has 0 radical (unpaired) electrons. The molecule has 0 fully saturated rings. The van der Waals surface area contributed by atoms with Crippen molar-refractivity contribution < 1.29 is 22.8 Å². The molecule has 0 atom stereocenters. The summed E-state index contributed by atoms with van der Waals surface area (Å²) in [5.74, 6) is -0.764. The number of ether oxygens (including phenoxy) is 1. The molecule has 1 N–H and O–H groups in total. The number of nitrogens with zero attached hydrogens (tertiary/aromatic N) is 2. The lowest BCUT2D eigenvalue weighted by molar-refractivity contribution is -0.118. The van der Waals surface area contributed by atoms with Crippen LogP contribution in [0.2, 0.25) is 0 Å². The van der Waals surface area contributed by atoms with Gasteiger partial charge in [-0.15, -0.1) is 0 Å². The fourth-order valence-electron chi connectivity index (χ4n) is 2.67. The second-order valence-electron chi connectivity index (χ2n) is 6.27. The number of hydrogen-bond acceptors (Lipinski definition) is 5. The number of aromatic nitrogens is 2. The summed E-state index contributed by atoms with van der Waals surface area (Å²) >= 11 is 0. The lowest BCUT2D eigenvalue weighted by Gasteiger charge is -2.08. The molecule has 1 aromatic heterocycles. The number of amides is 1. The number of halogens is 2. The van der Waals surface area contributed by atoms with E-state index in [1.807, 2.05) is 30.3 Å². The van der Waals surface area contributed by atoms with Gasteiger partial charge in [0.2, 0.25) is 5.82 Å². The molecule has 0 spiro atoms. The van der Waals surface area contributed by atoms with Crippen molar-refractivity contribution in [3.05, 3.63) is 84.4 Å². The van der Waals surface area contributed by atoms with Crippen LogP contribution >= 0.6 is 0 Å². The van der Waals surface area contributed by atoms with E-state index in [9.17, 15) is 13.6 Å². The Morgan fingerprint density at radius 2 is 1.73 bits per heavy atom. The molecule has 0 unspecified atom stereocenters. The smallest absolute Gasteiger partial charge is 0.262 e. The van der Waals surface area contributed by atoms with Gasteiger partial charge in [-0.1, -0.05) is 35.5 Å². The van der Waals surface area contributed by atoms with Crippen LogP contribution in [0, 0.1) is 11.6 Å². The standard InChI is InChI=1S/C22H15F2N3O3/c23-16-8-11-18(24)19(12-16)25-20(28)13-29-17-9-6-15(7-10-17)22-26-21(27-30-22)14-4-2-1-3-5-14/h1-12H,13H2,(H,25,28). The highest BCUT2D eigenvalue weighted by atomic mass is 19.1. The average molecular weight is 407 g/mol. The molecule has 3 aromatic carbocycles. The predicted octanol–water partition coefficient (Wildman–Crippen LogP) is 4.70. The van der Waals surface area contributed by atoms with Crippen LogP contribution < -0.4 is 10.1 Å². The molecule has 1 heterocycles. The SMILES string of the molecule is O=C(COc1ccc(-c2nc(-c3ccccc3)no2)cc1)Nc1cc(F)ccc1F. The van der Waals surface area contributed by atoms with Crippen molar-refractivity contribution >= 4 is 11.6 Å². The Morgan fingerprint density at radius 3 is 2.50 bits per heavy atom. The third-order valence-electron chi connectivity index (χ3n) is 4.13. The summed E-state index contributed by atoms with van der Waals surface area (Å²) in [6.45, 7) is -0.367. The third kappa shape index (κ3) is 4.49. The first-order valence-corrected chi connectivity index (χ1v) is 8.96. The molecule has 150 valence electrons. The molecular formula is C22H15F2N3O3. The Bertz CT molecular complexity index is 1160. The van der Waals surface area contributed by atoms with Crippen molar-refractivity contribution in [3.8, 4) is 28.6 Å². The number of anilines is 1. The van der Waals surface area contributed by atoms with E-state index in [0.29, 0.717) is 23.0 Å². The highest BCUT2D eigenvalue weighted by molar-refractivity contribution is 5.92. The highest BCUT2D eigenvalue weighted by Gasteiger charge is 2.12. The van der Waals surface area contributed by atoms with Crippen molar-refractivity contribution in [2.75, 3.05) is 11.9 Å². The van der Waals surface area contributed by atoms with Crippen molar-refractivity contribution in [1.82, 2.24) is 10.1 Å². The zero-order chi connectivity index (χ0) is 20.9. The molecule has 1 amide bonds. The minimum atomic E-state index is -0.733. The van der Waals surface area contributed by atoms with E-state index in [2.05, 4.69) is 15.5 Å². The summed E-state index contributed by atoms with van der Waals surface area (Å²) in [7, 11) is 0. The second-order valence-corrected chi connectivity index (χ2v) is 6.27. The van der Waals surface area contributed by atoms with Crippen LogP contribution in [-0.2, 0) is 4.79 Å². The van der Waals surface area contributed by atoms with Crippen molar-refractivity contribution in [2.24, 2.45) is 0 Å². The van der Waals surface area contributed by atoms with Gasteiger partial charge in [-0.2, -0.15) is 4.98 Å². The van der Waals surface area contributed by atoms with E-state index in [1.165, 1.54) is 0 Å². The molecule has 0 saturated heterocycles. The molecule has 0 aliphatic heterocycles. The zero-order valence-electron chi connectivity index (χ0n) is 15.5. The first-order valence-electron chi connectivity index (χ1n) is 8.96. The van der Waals surface area contributed by atoms with E-state index in [-0.39, 0.29) is 12.3 Å². The average Bonchev–Trinajstić information content (AvgIpc) is 3.26. The summed E-state index contributed by atoms with van der Waals surface area (Å²) in [5, 5.41) is 6.23. The van der Waals surface area contributed by atoms with Gasteiger partial charge in [0.05, 0.1) is 5.69 Å². The Labute approximate surface area is 170 Å². The zero-order valence-corrected chi connectivity index (χ0v) is 15.5. The van der Waals surface area contributed by atoms with Crippen LogP contribution in [0.3, 0.4) is 0 Å². The molecular weight excluding hydrogens is 392 g/mol. The van der Waals surface area contributed by atoms with Crippen molar-refractivity contribution in [2.45, 2.75) is 0 Å². The van der Waals surface area contributed by atoms with Crippen molar-refractivity contribution in [1.29, 1.82) is 0 Å². The van der Waals surface area contributed by atoms with E-state index in [1.54, 1.807) is 24.3 Å². The van der Waals surface area contributed by atoms with E-state index < -0.39 is 17.5 Å². The summed E-state index contributed by atoms with van der Waals surface area (Å²) in [4.78, 5) is 16.3. The monoisotopic (exact) mass is 407 g/mol. The number of carbonyl (C=O) groups excluding carboxylic acids is 1. The van der Waals surface area contributed by atoms with Crippen LogP contribution in [0.25, 0.3) is 22.8 Å². The van der Waals surface area contributed by atoms with Crippen LogP contribution in [0.5, 0.6) is 5.75 Å². The topological polar surface area (TPSA) is 77.2 Å². The van der Waals surface area contributed by atoms with E-state index in [4.69, 9.17) is 9.26 Å². The van der Waals surface area contributed by atoms with Gasteiger partial charge in [-0.25, -0.2) is 8.78 Å². The van der Waals surface area contributed by atoms with Gasteiger partial charge >= 0.3 is 0 Å². The molecule has 30 heavy (non-hydrogen) atoms. The van der Waals surface area contributed by atoms with Gasteiger partial charge in [0.25, 0.3) is 11.8 Å². The lowest BCUT2D eigenvalue weighted by atomic mass is 10.2. The second kappa shape index (κ2) is 8.52. The van der Waals surface area contributed by atoms with Gasteiger partial charge in [0.15, 0.2) is 6.61 Å². The fourth-order valence-corrected chi connectivity index (χ4v) is 2.67. The summed E-state index contributed by atoms with van der Waals surface area (Å²) in [6.07, 6.45) is 0. The molecule has 6 nitrogen and oxygen atoms in total.